The maximum atomic E-state index is 13.0. The molecule has 0 unspecified atom stereocenters. The smallest absolute Gasteiger partial charge is 0.240 e. The van der Waals surface area contributed by atoms with E-state index in [9.17, 15) is 12.8 Å². The standard InChI is InChI=1S/C17H21FN2O3S/c18-14-6-8-15(9-7-14)24(21,22)19-13-16(17-5-4-12-23-17)20-10-2-1-3-11-20/h4-9,12,16,19H,1-3,10-11,13H2/t16-/m0/s1. The fourth-order valence-corrected chi connectivity index (χ4v) is 4.04. The Hall–Kier alpha value is -1.70. The summed E-state index contributed by atoms with van der Waals surface area (Å²) >= 11 is 0. The molecule has 1 aliphatic heterocycles. The van der Waals surface area contributed by atoms with Gasteiger partial charge < -0.3 is 4.42 Å². The maximum Gasteiger partial charge on any atom is 0.240 e. The molecule has 0 radical (unpaired) electrons. The van der Waals surface area contributed by atoms with Gasteiger partial charge in [0.15, 0.2) is 0 Å². The van der Waals surface area contributed by atoms with Gasteiger partial charge in [-0.1, -0.05) is 6.42 Å². The number of sulfonamides is 1. The molecule has 5 nitrogen and oxygen atoms in total. The summed E-state index contributed by atoms with van der Waals surface area (Å²) in [6.45, 7) is 2.06. The van der Waals surface area contributed by atoms with Crippen LogP contribution in [0.5, 0.6) is 0 Å². The molecule has 0 saturated carbocycles. The molecule has 0 spiro atoms. The number of hydrogen-bond donors (Lipinski definition) is 1. The van der Waals surface area contributed by atoms with Gasteiger partial charge in [0.25, 0.3) is 0 Å². The number of benzene rings is 1. The van der Waals surface area contributed by atoms with E-state index in [2.05, 4.69) is 9.62 Å². The minimum atomic E-state index is -3.69. The summed E-state index contributed by atoms with van der Waals surface area (Å²) in [5.41, 5.74) is 0. The van der Waals surface area contributed by atoms with E-state index in [4.69, 9.17) is 4.42 Å². The summed E-state index contributed by atoms with van der Waals surface area (Å²) in [6, 6.07) is 8.34. The number of hydrogen-bond acceptors (Lipinski definition) is 4. The SMILES string of the molecule is O=S(=O)(NC[C@@H](c1ccco1)N1CCCCC1)c1ccc(F)cc1. The average Bonchev–Trinajstić information content (AvgIpc) is 3.11. The molecule has 3 rings (SSSR count). The summed E-state index contributed by atoms with van der Waals surface area (Å²) in [5, 5.41) is 0. The van der Waals surface area contributed by atoms with Crippen LogP contribution in [-0.2, 0) is 10.0 Å². The lowest BCUT2D eigenvalue weighted by Gasteiger charge is -2.33. The van der Waals surface area contributed by atoms with Crippen molar-refractivity contribution >= 4 is 10.0 Å². The normalized spacial score (nSPS) is 17.7. The Kier molecular flexibility index (Phi) is 5.33. The second-order valence-electron chi connectivity index (χ2n) is 5.93. The number of furan rings is 1. The van der Waals surface area contributed by atoms with E-state index < -0.39 is 15.8 Å². The van der Waals surface area contributed by atoms with Crippen molar-refractivity contribution in [2.45, 2.75) is 30.2 Å². The van der Waals surface area contributed by atoms with Gasteiger partial charge in [-0.3, -0.25) is 4.90 Å². The summed E-state index contributed by atoms with van der Waals surface area (Å²) in [4.78, 5) is 2.30. The Balaban J connectivity index is 1.74. The van der Waals surface area contributed by atoms with Gasteiger partial charge in [0.05, 0.1) is 17.2 Å². The number of rotatable bonds is 6. The van der Waals surface area contributed by atoms with Gasteiger partial charge in [-0.2, -0.15) is 0 Å². The van der Waals surface area contributed by atoms with Crippen molar-refractivity contribution in [3.8, 4) is 0 Å². The molecule has 0 aliphatic carbocycles. The van der Waals surface area contributed by atoms with Gasteiger partial charge in [0.2, 0.25) is 10.0 Å². The molecule has 7 heteroatoms. The molecule has 0 amide bonds. The van der Waals surface area contributed by atoms with E-state index in [0.717, 1.165) is 43.8 Å². The molecule has 24 heavy (non-hydrogen) atoms. The van der Waals surface area contributed by atoms with Crippen LogP contribution in [0.1, 0.15) is 31.1 Å². The summed E-state index contributed by atoms with van der Waals surface area (Å²) in [6.07, 6.45) is 4.99. The number of piperidine rings is 1. The van der Waals surface area contributed by atoms with E-state index in [1.165, 1.54) is 18.6 Å². The van der Waals surface area contributed by atoms with E-state index >= 15 is 0 Å². The first-order chi connectivity index (χ1) is 11.6. The van der Waals surface area contributed by atoms with Crippen molar-refractivity contribution in [2.75, 3.05) is 19.6 Å². The van der Waals surface area contributed by atoms with E-state index in [1.54, 1.807) is 12.3 Å². The molecule has 130 valence electrons. The minimum absolute atomic E-state index is 0.0562. The lowest BCUT2D eigenvalue weighted by Crippen LogP contribution is -2.40. The molecule has 1 atom stereocenters. The van der Waals surface area contributed by atoms with Crippen molar-refractivity contribution in [3.05, 3.63) is 54.2 Å². The second kappa shape index (κ2) is 7.46. The van der Waals surface area contributed by atoms with Crippen molar-refractivity contribution in [2.24, 2.45) is 0 Å². The van der Waals surface area contributed by atoms with Crippen molar-refractivity contribution < 1.29 is 17.2 Å². The first-order valence-corrected chi connectivity index (χ1v) is 9.57. The van der Waals surface area contributed by atoms with Crippen LogP contribution in [0.25, 0.3) is 0 Å². The van der Waals surface area contributed by atoms with Gasteiger partial charge in [0.1, 0.15) is 11.6 Å². The Morgan fingerprint density at radius 2 is 1.83 bits per heavy atom. The molecule has 1 fully saturated rings. The molecule has 1 aromatic heterocycles. The predicted molar refractivity (Wildman–Crippen MR) is 88.5 cm³/mol. The molecule has 1 aromatic carbocycles. The van der Waals surface area contributed by atoms with Crippen molar-refractivity contribution in [1.29, 1.82) is 0 Å². The molecule has 2 heterocycles. The van der Waals surface area contributed by atoms with Crippen LogP contribution >= 0.6 is 0 Å². The third-order valence-electron chi connectivity index (χ3n) is 4.29. The Bertz CT molecular complexity index is 739. The van der Waals surface area contributed by atoms with Crippen molar-refractivity contribution in [3.63, 3.8) is 0 Å². The Labute approximate surface area is 141 Å². The summed E-state index contributed by atoms with van der Waals surface area (Å²) in [7, 11) is -3.69. The van der Waals surface area contributed by atoms with Crippen LogP contribution in [0.15, 0.2) is 52.0 Å². The minimum Gasteiger partial charge on any atom is -0.468 e. The van der Waals surface area contributed by atoms with Gasteiger partial charge in [-0.15, -0.1) is 0 Å². The number of halogens is 1. The van der Waals surface area contributed by atoms with Gasteiger partial charge in [0, 0.05) is 6.54 Å². The highest BCUT2D eigenvalue weighted by molar-refractivity contribution is 7.89. The first kappa shape index (κ1) is 17.1. The average molecular weight is 352 g/mol. The number of nitrogens with one attached hydrogen (secondary N) is 1. The van der Waals surface area contributed by atoms with E-state index in [-0.39, 0.29) is 17.5 Å². The highest BCUT2D eigenvalue weighted by Crippen LogP contribution is 2.25. The fourth-order valence-electron chi connectivity index (χ4n) is 3.01. The lowest BCUT2D eigenvalue weighted by molar-refractivity contribution is 0.147. The van der Waals surface area contributed by atoms with Gasteiger partial charge in [-0.05, 0) is 62.3 Å². The summed E-state index contributed by atoms with van der Waals surface area (Å²) in [5.74, 6) is 0.287. The number of nitrogens with zero attached hydrogens (tertiary/aromatic N) is 1. The van der Waals surface area contributed by atoms with E-state index in [0.29, 0.717) is 0 Å². The quantitative estimate of drug-likeness (QED) is 0.868. The van der Waals surface area contributed by atoms with E-state index in [1.807, 2.05) is 6.07 Å². The first-order valence-electron chi connectivity index (χ1n) is 8.09. The molecule has 2 aromatic rings. The van der Waals surface area contributed by atoms with Crippen molar-refractivity contribution in [1.82, 2.24) is 9.62 Å². The van der Waals surface area contributed by atoms with Gasteiger partial charge in [-0.25, -0.2) is 17.5 Å². The monoisotopic (exact) mass is 352 g/mol. The van der Waals surface area contributed by atoms with Gasteiger partial charge >= 0.3 is 0 Å². The van der Waals surface area contributed by atoms with Crippen LogP contribution in [-0.4, -0.2) is 33.0 Å². The molecule has 1 saturated heterocycles. The maximum absolute atomic E-state index is 13.0. The molecule has 1 aliphatic rings. The van der Waals surface area contributed by atoms with Crippen LogP contribution in [0.4, 0.5) is 4.39 Å². The predicted octanol–water partition coefficient (Wildman–Crippen LogP) is 2.92. The molecule has 1 N–H and O–H groups in total. The largest absolute Gasteiger partial charge is 0.468 e. The molecule has 0 bridgehead atoms. The molecular formula is C17H21FN2O3S. The molecular weight excluding hydrogens is 331 g/mol. The second-order valence-corrected chi connectivity index (χ2v) is 7.70. The van der Waals surface area contributed by atoms with Crippen LogP contribution < -0.4 is 4.72 Å². The number of likely N-dealkylation sites (tertiary alicyclic amines) is 1. The topological polar surface area (TPSA) is 62.6 Å². The zero-order valence-electron chi connectivity index (χ0n) is 13.3. The lowest BCUT2D eigenvalue weighted by atomic mass is 10.1. The highest BCUT2D eigenvalue weighted by Gasteiger charge is 2.26. The third-order valence-corrected chi connectivity index (χ3v) is 5.73. The fraction of sp³-hybridized carbons (Fsp3) is 0.412. The Morgan fingerprint density at radius 3 is 2.46 bits per heavy atom. The Morgan fingerprint density at radius 1 is 1.12 bits per heavy atom. The van der Waals surface area contributed by atoms with Crippen LogP contribution in [0, 0.1) is 5.82 Å². The summed E-state index contributed by atoms with van der Waals surface area (Å²) < 4.78 is 46.0. The van der Waals surface area contributed by atoms with Crippen LogP contribution in [0.2, 0.25) is 0 Å². The zero-order chi connectivity index (χ0) is 17.0. The van der Waals surface area contributed by atoms with Crippen LogP contribution in [0.3, 0.4) is 0 Å². The zero-order valence-corrected chi connectivity index (χ0v) is 14.1. The third kappa shape index (κ3) is 4.03. The highest BCUT2D eigenvalue weighted by atomic mass is 32.2.